The van der Waals surface area contributed by atoms with E-state index >= 15 is 0 Å². The highest BCUT2D eigenvalue weighted by Crippen LogP contribution is 2.17. The molecule has 0 bridgehead atoms. The van der Waals surface area contributed by atoms with E-state index in [-0.39, 0.29) is 6.03 Å². The lowest BCUT2D eigenvalue weighted by Gasteiger charge is -2.34. The molecule has 1 aliphatic rings. The molecule has 1 heterocycles. The maximum Gasteiger partial charge on any atom is 0.321 e. The number of benzene rings is 1. The third-order valence-corrected chi connectivity index (χ3v) is 4.12. The molecule has 2 rings (SSSR count). The molecule has 5 nitrogen and oxygen atoms in total. The van der Waals surface area contributed by atoms with Crippen molar-refractivity contribution in [1.82, 2.24) is 9.80 Å². The van der Waals surface area contributed by atoms with Crippen LogP contribution in [0.15, 0.2) is 18.2 Å². The van der Waals surface area contributed by atoms with Gasteiger partial charge < -0.3 is 15.0 Å². The molecule has 0 saturated carbocycles. The fraction of sp³-hybridized carbons (Fsp3) is 0.588. The average Bonchev–Trinajstić information content (AvgIpc) is 2.52. The normalized spacial score (nSPS) is 15.9. The highest BCUT2D eigenvalue weighted by atomic mass is 16.5. The van der Waals surface area contributed by atoms with Gasteiger partial charge in [-0.3, -0.25) is 4.90 Å². The van der Waals surface area contributed by atoms with Crippen molar-refractivity contribution in [2.75, 3.05) is 51.8 Å². The van der Waals surface area contributed by atoms with Gasteiger partial charge in [-0.2, -0.15) is 0 Å². The van der Waals surface area contributed by atoms with Crippen LogP contribution in [0.4, 0.5) is 10.5 Å². The maximum atomic E-state index is 12.4. The van der Waals surface area contributed by atoms with Crippen LogP contribution in [0.5, 0.6) is 0 Å². The summed E-state index contributed by atoms with van der Waals surface area (Å²) in [4.78, 5) is 16.7. The fourth-order valence-electron chi connectivity index (χ4n) is 2.67. The molecule has 1 aromatic carbocycles. The molecular weight excluding hydrogens is 278 g/mol. The maximum absolute atomic E-state index is 12.4. The molecule has 0 atom stereocenters. The van der Waals surface area contributed by atoms with Gasteiger partial charge in [0.2, 0.25) is 0 Å². The molecule has 5 heteroatoms. The van der Waals surface area contributed by atoms with Gasteiger partial charge >= 0.3 is 6.03 Å². The van der Waals surface area contributed by atoms with Crippen LogP contribution in [-0.4, -0.2) is 62.3 Å². The number of hydrogen-bond acceptors (Lipinski definition) is 3. The quantitative estimate of drug-likeness (QED) is 0.850. The van der Waals surface area contributed by atoms with Crippen molar-refractivity contribution in [1.29, 1.82) is 0 Å². The first-order valence-corrected chi connectivity index (χ1v) is 7.94. The van der Waals surface area contributed by atoms with Gasteiger partial charge in [-0.05, 0) is 37.5 Å². The molecule has 0 unspecified atom stereocenters. The minimum atomic E-state index is 0.00485. The number of ether oxygens (including phenoxy) is 1. The fourth-order valence-corrected chi connectivity index (χ4v) is 2.67. The number of anilines is 1. The summed E-state index contributed by atoms with van der Waals surface area (Å²) >= 11 is 0. The molecule has 1 aromatic rings. The molecule has 1 aliphatic heterocycles. The van der Waals surface area contributed by atoms with E-state index in [0.29, 0.717) is 0 Å². The van der Waals surface area contributed by atoms with Gasteiger partial charge in [0.15, 0.2) is 0 Å². The summed E-state index contributed by atoms with van der Waals surface area (Å²) in [6.07, 6.45) is 1.05. The second kappa shape index (κ2) is 8.15. The number of hydrogen-bond donors (Lipinski definition) is 1. The first kappa shape index (κ1) is 16.8. The van der Waals surface area contributed by atoms with Crippen LogP contribution in [0.3, 0.4) is 0 Å². The number of nitrogens with one attached hydrogen (secondary N) is 1. The Labute approximate surface area is 133 Å². The number of aryl methyl sites for hydroxylation is 2. The molecule has 2 amide bonds. The van der Waals surface area contributed by atoms with Crippen LogP contribution in [0.2, 0.25) is 0 Å². The van der Waals surface area contributed by atoms with Gasteiger partial charge in [0.25, 0.3) is 0 Å². The third kappa shape index (κ3) is 4.71. The van der Waals surface area contributed by atoms with E-state index < -0.39 is 0 Å². The molecule has 1 N–H and O–H groups in total. The SMILES string of the molecule is COCCCN1CCN(C(=O)Nc2cc(C)ccc2C)CC1. The zero-order valence-corrected chi connectivity index (χ0v) is 13.9. The number of rotatable bonds is 5. The molecular formula is C17H27N3O2. The number of methoxy groups -OCH3 is 1. The van der Waals surface area contributed by atoms with E-state index in [1.807, 2.05) is 30.9 Å². The van der Waals surface area contributed by atoms with E-state index in [9.17, 15) is 4.79 Å². The Kier molecular flexibility index (Phi) is 6.21. The van der Waals surface area contributed by atoms with Crippen LogP contribution in [0.1, 0.15) is 17.5 Å². The topological polar surface area (TPSA) is 44.8 Å². The second-order valence-corrected chi connectivity index (χ2v) is 5.92. The summed E-state index contributed by atoms with van der Waals surface area (Å²) in [6.45, 7) is 9.32. The summed E-state index contributed by atoms with van der Waals surface area (Å²) < 4.78 is 5.08. The zero-order valence-electron chi connectivity index (χ0n) is 13.9. The lowest BCUT2D eigenvalue weighted by Crippen LogP contribution is -2.50. The summed E-state index contributed by atoms with van der Waals surface area (Å²) in [5.74, 6) is 0. The van der Waals surface area contributed by atoms with E-state index in [1.165, 1.54) is 0 Å². The van der Waals surface area contributed by atoms with Crippen LogP contribution in [-0.2, 0) is 4.74 Å². The second-order valence-electron chi connectivity index (χ2n) is 5.92. The number of nitrogens with zero attached hydrogens (tertiary/aromatic N) is 2. The van der Waals surface area contributed by atoms with Crippen LogP contribution in [0, 0.1) is 13.8 Å². The van der Waals surface area contributed by atoms with Crippen molar-refractivity contribution in [2.45, 2.75) is 20.3 Å². The van der Waals surface area contributed by atoms with Crippen LogP contribution >= 0.6 is 0 Å². The highest BCUT2D eigenvalue weighted by Gasteiger charge is 2.21. The third-order valence-electron chi connectivity index (χ3n) is 4.12. The lowest BCUT2D eigenvalue weighted by atomic mass is 10.1. The predicted molar refractivity (Wildman–Crippen MR) is 89.4 cm³/mol. The molecule has 0 radical (unpaired) electrons. The molecule has 1 fully saturated rings. The molecule has 122 valence electrons. The summed E-state index contributed by atoms with van der Waals surface area (Å²) in [6, 6.07) is 6.13. The van der Waals surface area contributed by atoms with Crippen molar-refractivity contribution < 1.29 is 9.53 Å². The van der Waals surface area contributed by atoms with Crippen molar-refractivity contribution in [3.63, 3.8) is 0 Å². The van der Waals surface area contributed by atoms with Crippen molar-refractivity contribution >= 4 is 11.7 Å². The van der Waals surface area contributed by atoms with Crippen LogP contribution in [0.25, 0.3) is 0 Å². The summed E-state index contributed by atoms with van der Waals surface area (Å²) in [5, 5.41) is 3.04. The highest BCUT2D eigenvalue weighted by molar-refractivity contribution is 5.90. The Hall–Kier alpha value is -1.59. The number of carbonyl (C=O) groups excluding carboxylic acids is 1. The van der Waals surface area contributed by atoms with Gasteiger partial charge in [0.1, 0.15) is 0 Å². The largest absolute Gasteiger partial charge is 0.385 e. The molecule has 1 saturated heterocycles. The molecule has 0 spiro atoms. The summed E-state index contributed by atoms with van der Waals surface area (Å²) in [7, 11) is 1.73. The van der Waals surface area contributed by atoms with E-state index in [4.69, 9.17) is 4.74 Å². The summed E-state index contributed by atoms with van der Waals surface area (Å²) in [5.41, 5.74) is 3.16. The number of urea groups is 1. The number of amides is 2. The standard InChI is InChI=1S/C17H27N3O2/c1-14-5-6-15(2)16(13-14)18-17(21)20-10-8-19(9-11-20)7-4-12-22-3/h5-6,13H,4,7-12H2,1-3H3,(H,18,21). The van der Waals surface area contributed by atoms with E-state index in [2.05, 4.69) is 16.3 Å². The van der Waals surface area contributed by atoms with Gasteiger partial charge in [0, 0.05) is 52.1 Å². The predicted octanol–water partition coefficient (Wildman–Crippen LogP) is 2.49. The average molecular weight is 305 g/mol. The van der Waals surface area contributed by atoms with Crippen LogP contribution < -0.4 is 5.32 Å². The number of carbonyl (C=O) groups is 1. The van der Waals surface area contributed by atoms with Gasteiger partial charge in [0.05, 0.1) is 0 Å². The Morgan fingerprint density at radius 2 is 1.95 bits per heavy atom. The monoisotopic (exact) mass is 305 g/mol. The van der Waals surface area contributed by atoms with E-state index in [1.54, 1.807) is 7.11 Å². The van der Waals surface area contributed by atoms with E-state index in [0.717, 1.165) is 62.6 Å². The molecule has 0 aliphatic carbocycles. The van der Waals surface area contributed by atoms with Crippen molar-refractivity contribution in [2.24, 2.45) is 0 Å². The molecule has 0 aromatic heterocycles. The van der Waals surface area contributed by atoms with Gasteiger partial charge in [-0.25, -0.2) is 4.79 Å². The van der Waals surface area contributed by atoms with Gasteiger partial charge in [-0.15, -0.1) is 0 Å². The number of piperazine rings is 1. The van der Waals surface area contributed by atoms with Crippen molar-refractivity contribution in [3.8, 4) is 0 Å². The van der Waals surface area contributed by atoms with Crippen molar-refractivity contribution in [3.05, 3.63) is 29.3 Å². The first-order valence-electron chi connectivity index (χ1n) is 7.94. The Bertz CT molecular complexity index is 497. The first-order chi connectivity index (χ1) is 10.6. The minimum Gasteiger partial charge on any atom is -0.385 e. The Balaban J connectivity index is 1.81. The Morgan fingerprint density at radius 1 is 1.23 bits per heavy atom. The Morgan fingerprint density at radius 3 is 2.64 bits per heavy atom. The molecule has 22 heavy (non-hydrogen) atoms. The van der Waals surface area contributed by atoms with Gasteiger partial charge in [-0.1, -0.05) is 12.1 Å². The smallest absolute Gasteiger partial charge is 0.321 e. The zero-order chi connectivity index (χ0) is 15.9. The minimum absolute atomic E-state index is 0.00485. The lowest BCUT2D eigenvalue weighted by molar-refractivity contribution is 0.130.